The molecule has 0 saturated carbocycles. The van der Waals surface area contributed by atoms with E-state index in [0.29, 0.717) is 13.0 Å². The minimum Gasteiger partial charge on any atom is -0.457 e. The van der Waals surface area contributed by atoms with Crippen LogP contribution in [0.25, 0.3) is 0 Å². The van der Waals surface area contributed by atoms with E-state index < -0.39 is 86.7 Å². The van der Waals surface area contributed by atoms with E-state index in [4.69, 9.17) is 28.4 Å². The normalized spacial score (nSPS) is 26.0. The lowest BCUT2D eigenvalue weighted by Gasteiger charge is -2.42. The van der Waals surface area contributed by atoms with Gasteiger partial charge in [0, 0.05) is 13.0 Å². The van der Waals surface area contributed by atoms with Crippen LogP contribution in [0.15, 0.2) is 48.6 Å². The maximum absolute atomic E-state index is 13.0. The standard InChI is InChI=1S/C55H98O14/c1-3-5-7-9-11-13-15-17-19-20-21-22-23-25-27-29-31-33-35-37-39-64-41-44(67-47(57)38-36-34-32-30-28-26-24-18-16-14-12-10-8-6-4-2)42-65-54-53(63)51(61)49(59)46(69-54)43-66-55-52(62)50(60)48(58)45(40-56)68-55/h11-14,17-19,24,44-46,48-56,58-63H,3-10,15-16,20-23,25-43H2,1-2H3/b13-11-,14-12-,19-17-,24-18-. The molecule has 0 aliphatic carbocycles. The van der Waals surface area contributed by atoms with Crippen LogP contribution in [0.2, 0.25) is 0 Å². The van der Waals surface area contributed by atoms with Gasteiger partial charge < -0.3 is 64.2 Å². The minimum atomic E-state index is -1.71. The van der Waals surface area contributed by atoms with E-state index in [2.05, 4.69) is 62.5 Å². The minimum absolute atomic E-state index is 0.0531. The summed E-state index contributed by atoms with van der Waals surface area (Å²) in [7, 11) is 0. The van der Waals surface area contributed by atoms with Crippen LogP contribution in [0.5, 0.6) is 0 Å². The third kappa shape index (κ3) is 29.9. The number of aliphatic hydroxyl groups is 7. The van der Waals surface area contributed by atoms with Crippen molar-refractivity contribution < 1.29 is 69.0 Å². The number of hydrogen-bond donors (Lipinski definition) is 7. The fourth-order valence-corrected chi connectivity index (χ4v) is 8.34. The molecule has 2 saturated heterocycles. The fourth-order valence-electron chi connectivity index (χ4n) is 8.34. The number of unbranched alkanes of at least 4 members (excludes halogenated alkanes) is 21. The Kier molecular flexibility index (Phi) is 38.8. The Bertz CT molecular complexity index is 1320. The van der Waals surface area contributed by atoms with Gasteiger partial charge in [0.1, 0.15) is 54.9 Å². The smallest absolute Gasteiger partial charge is 0.306 e. The summed E-state index contributed by atoms with van der Waals surface area (Å²) in [5.74, 6) is -0.391. The van der Waals surface area contributed by atoms with E-state index in [1.54, 1.807) is 0 Å². The molecule has 7 N–H and O–H groups in total. The zero-order valence-corrected chi connectivity index (χ0v) is 42.8. The maximum atomic E-state index is 13.0. The van der Waals surface area contributed by atoms with Gasteiger partial charge in [-0.2, -0.15) is 0 Å². The Morgan fingerprint density at radius 2 is 0.899 bits per heavy atom. The van der Waals surface area contributed by atoms with E-state index in [1.807, 2.05) is 0 Å². The number of rotatable bonds is 43. The summed E-state index contributed by atoms with van der Waals surface area (Å²) in [6.45, 7) is 3.62. The van der Waals surface area contributed by atoms with Gasteiger partial charge in [-0.25, -0.2) is 0 Å². The number of esters is 1. The average Bonchev–Trinajstić information content (AvgIpc) is 3.35. The Labute approximate surface area is 416 Å². The first-order chi connectivity index (χ1) is 33.6. The number of carbonyl (C=O) groups excluding carboxylic acids is 1. The largest absolute Gasteiger partial charge is 0.457 e. The molecule has 0 aromatic carbocycles. The highest BCUT2D eigenvalue weighted by atomic mass is 16.7. The second-order valence-electron chi connectivity index (χ2n) is 19.0. The van der Waals surface area contributed by atoms with Gasteiger partial charge in [-0.15, -0.1) is 0 Å². The van der Waals surface area contributed by atoms with Gasteiger partial charge in [0.15, 0.2) is 12.6 Å². The highest BCUT2D eigenvalue weighted by Crippen LogP contribution is 2.26. The van der Waals surface area contributed by atoms with Crippen molar-refractivity contribution in [2.75, 3.05) is 33.0 Å². The van der Waals surface area contributed by atoms with Gasteiger partial charge in [-0.1, -0.05) is 159 Å². The summed E-state index contributed by atoms with van der Waals surface area (Å²) in [4.78, 5) is 13.0. The third-order valence-electron chi connectivity index (χ3n) is 12.8. The summed E-state index contributed by atoms with van der Waals surface area (Å²) < 4.78 is 34.3. The van der Waals surface area contributed by atoms with E-state index >= 15 is 0 Å². The predicted octanol–water partition coefficient (Wildman–Crippen LogP) is 8.74. The Morgan fingerprint density at radius 1 is 0.478 bits per heavy atom. The van der Waals surface area contributed by atoms with Crippen LogP contribution in [-0.2, 0) is 33.2 Å². The highest BCUT2D eigenvalue weighted by molar-refractivity contribution is 5.69. The zero-order valence-electron chi connectivity index (χ0n) is 42.8. The lowest BCUT2D eigenvalue weighted by atomic mass is 9.98. The molecule has 2 heterocycles. The SMILES string of the molecule is CCCCC/C=C\C/C=C\CCCCCCCCCCCCOCC(COC1OC(COC2OC(CO)C(O)C(O)C2O)C(O)C(O)C1O)OC(=O)CCCCCCC/C=C\C/C=C\CCCCC. The summed E-state index contributed by atoms with van der Waals surface area (Å²) in [6.07, 6.45) is 33.1. The first-order valence-corrected chi connectivity index (χ1v) is 27.2. The van der Waals surface area contributed by atoms with Gasteiger partial charge in [0.2, 0.25) is 0 Å². The van der Waals surface area contributed by atoms with Gasteiger partial charge in [-0.3, -0.25) is 4.79 Å². The third-order valence-corrected chi connectivity index (χ3v) is 12.8. The molecule has 11 unspecified atom stereocenters. The van der Waals surface area contributed by atoms with Crippen LogP contribution in [0, 0.1) is 0 Å². The molecule has 0 spiro atoms. The molecule has 0 aromatic rings. The van der Waals surface area contributed by atoms with Gasteiger partial charge in [-0.05, 0) is 77.0 Å². The Hall–Kier alpha value is -2.05. The Morgan fingerprint density at radius 3 is 1.39 bits per heavy atom. The fraction of sp³-hybridized carbons (Fsp3) is 0.836. The van der Waals surface area contributed by atoms with Crippen LogP contribution in [0.3, 0.4) is 0 Å². The van der Waals surface area contributed by atoms with Crippen molar-refractivity contribution in [1.82, 2.24) is 0 Å². The maximum Gasteiger partial charge on any atom is 0.306 e. The van der Waals surface area contributed by atoms with Crippen molar-refractivity contribution >= 4 is 5.97 Å². The second kappa shape index (κ2) is 42.5. The molecule has 402 valence electrons. The van der Waals surface area contributed by atoms with E-state index in [0.717, 1.165) is 70.6 Å². The van der Waals surface area contributed by atoms with Crippen LogP contribution < -0.4 is 0 Å². The number of hydrogen-bond acceptors (Lipinski definition) is 14. The lowest BCUT2D eigenvalue weighted by molar-refractivity contribution is -0.332. The van der Waals surface area contributed by atoms with E-state index in [1.165, 1.54) is 96.3 Å². The van der Waals surface area contributed by atoms with Crippen LogP contribution in [-0.4, -0.2) is 142 Å². The molecule has 0 aromatic heterocycles. The highest BCUT2D eigenvalue weighted by Gasteiger charge is 2.47. The topological polar surface area (TPSA) is 214 Å². The van der Waals surface area contributed by atoms with Crippen molar-refractivity contribution in [3.05, 3.63) is 48.6 Å². The first-order valence-electron chi connectivity index (χ1n) is 27.2. The number of carbonyl (C=O) groups is 1. The molecule has 2 rings (SSSR count). The molecule has 0 radical (unpaired) electrons. The van der Waals surface area contributed by atoms with E-state index in [-0.39, 0.29) is 19.6 Å². The molecule has 0 bridgehead atoms. The monoisotopic (exact) mass is 983 g/mol. The number of aliphatic hydroxyl groups excluding tert-OH is 7. The number of allylic oxidation sites excluding steroid dienone is 8. The molecule has 2 aliphatic rings. The predicted molar refractivity (Wildman–Crippen MR) is 270 cm³/mol. The Balaban J connectivity index is 1.75. The van der Waals surface area contributed by atoms with E-state index in [9.17, 15) is 40.5 Å². The molecule has 11 atom stereocenters. The van der Waals surface area contributed by atoms with Crippen LogP contribution in [0.1, 0.15) is 194 Å². The summed E-state index contributed by atoms with van der Waals surface area (Å²) >= 11 is 0. The first kappa shape index (κ1) is 63.1. The number of ether oxygens (including phenoxy) is 6. The lowest BCUT2D eigenvalue weighted by Crippen LogP contribution is -2.61. The quantitative estimate of drug-likeness (QED) is 0.0173. The molecule has 14 heteroatoms. The molecule has 2 aliphatic heterocycles. The van der Waals surface area contributed by atoms with Gasteiger partial charge >= 0.3 is 5.97 Å². The summed E-state index contributed by atoms with van der Waals surface area (Å²) in [5, 5.41) is 72.2. The summed E-state index contributed by atoms with van der Waals surface area (Å²) in [5.41, 5.74) is 0. The van der Waals surface area contributed by atoms with Crippen molar-refractivity contribution in [3.63, 3.8) is 0 Å². The molecule has 0 amide bonds. The zero-order chi connectivity index (χ0) is 50.2. The molecular formula is C55H98O14. The van der Waals surface area contributed by atoms with Crippen LogP contribution in [0.4, 0.5) is 0 Å². The van der Waals surface area contributed by atoms with Gasteiger partial charge in [0.05, 0.1) is 26.4 Å². The van der Waals surface area contributed by atoms with Crippen LogP contribution >= 0.6 is 0 Å². The average molecular weight is 983 g/mol. The molecular weight excluding hydrogens is 885 g/mol. The van der Waals surface area contributed by atoms with Crippen molar-refractivity contribution in [2.24, 2.45) is 0 Å². The van der Waals surface area contributed by atoms with Crippen molar-refractivity contribution in [3.8, 4) is 0 Å². The van der Waals surface area contributed by atoms with Gasteiger partial charge in [0.25, 0.3) is 0 Å². The molecule has 14 nitrogen and oxygen atoms in total. The second-order valence-corrected chi connectivity index (χ2v) is 19.0. The summed E-state index contributed by atoms with van der Waals surface area (Å²) in [6, 6.07) is 0. The van der Waals surface area contributed by atoms with Crippen molar-refractivity contribution in [1.29, 1.82) is 0 Å². The van der Waals surface area contributed by atoms with Crippen molar-refractivity contribution in [2.45, 2.75) is 261 Å². The molecule has 2 fully saturated rings. The molecule has 69 heavy (non-hydrogen) atoms.